The average molecular weight is 382 g/mol. The fourth-order valence-electron chi connectivity index (χ4n) is 2.17. The first-order valence-corrected chi connectivity index (χ1v) is 8.22. The van der Waals surface area contributed by atoms with Gasteiger partial charge in [-0.05, 0) is 42.8 Å². The van der Waals surface area contributed by atoms with Crippen LogP contribution >= 0.6 is 0 Å². The number of aliphatic hydroxyl groups excluding tert-OH is 1. The normalized spacial score (nSPS) is 13.7. The number of halogens is 3. The fraction of sp³-hybridized carbons (Fsp3) is 0.316. The molecule has 2 rings (SSSR count). The number of nitrogens with one attached hydrogen (secondary N) is 1. The van der Waals surface area contributed by atoms with Crippen LogP contribution in [0.4, 0.5) is 18.9 Å². The van der Waals surface area contributed by atoms with Crippen LogP contribution in [0.3, 0.4) is 0 Å². The van der Waals surface area contributed by atoms with Crippen LogP contribution in [0.5, 0.6) is 5.75 Å². The molecule has 0 aromatic heterocycles. The summed E-state index contributed by atoms with van der Waals surface area (Å²) in [7, 11) is 0. The first kappa shape index (κ1) is 20.7. The minimum atomic E-state index is -4.37. The number of hydrogen-bond acceptors (Lipinski definition) is 4. The van der Waals surface area contributed by atoms with Crippen molar-refractivity contribution in [2.24, 2.45) is 5.73 Å². The van der Waals surface area contributed by atoms with Crippen molar-refractivity contribution in [2.75, 3.05) is 18.5 Å². The van der Waals surface area contributed by atoms with Gasteiger partial charge < -0.3 is 20.9 Å². The van der Waals surface area contributed by atoms with Crippen LogP contribution in [0.15, 0.2) is 48.5 Å². The van der Waals surface area contributed by atoms with Crippen molar-refractivity contribution < 1.29 is 27.8 Å². The molecule has 0 fully saturated rings. The van der Waals surface area contributed by atoms with Gasteiger partial charge in [-0.15, -0.1) is 0 Å². The number of amides is 1. The van der Waals surface area contributed by atoms with Gasteiger partial charge in [0, 0.05) is 12.1 Å². The summed E-state index contributed by atoms with van der Waals surface area (Å²) in [6, 6.07) is 11.6. The van der Waals surface area contributed by atoms with Crippen LogP contribution in [-0.4, -0.2) is 29.8 Å². The van der Waals surface area contributed by atoms with E-state index in [9.17, 15) is 18.0 Å². The predicted molar refractivity (Wildman–Crippen MR) is 95.4 cm³/mol. The van der Waals surface area contributed by atoms with Gasteiger partial charge in [-0.3, -0.25) is 4.79 Å². The van der Waals surface area contributed by atoms with E-state index in [1.807, 2.05) is 0 Å². The molecule has 1 amide bonds. The zero-order chi connectivity index (χ0) is 20.1. The number of rotatable bonds is 7. The number of aliphatic hydroxyl groups is 1. The van der Waals surface area contributed by atoms with E-state index in [2.05, 4.69) is 5.32 Å². The molecule has 0 heterocycles. The molecule has 146 valence electrons. The average Bonchev–Trinajstić information content (AvgIpc) is 2.62. The molecule has 0 radical (unpaired) electrons. The van der Waals surface area contributed by atoms with Crippen molar-refractivity contribution in [2.45, 2.75) is 25.1 Å². The maximum absolute atomic E-state index is 12.7. The molecule has 27 heavy (non-hydrogen) atoms. The minimum Gasteiger partial charge on any atom is -0.493 e. The van der Waals surface area contributed by atoms with Gasteiger partial charge in [-0.2, -0.15) is 13.2 Å². The summed E-state index contributed by atoms with van der Waals surface area (Å²) in [5.41, 5.74) is 4.57. The Kier molecular flexibility index (Phi) is 6.45. The highest BCUT2D eigenvalue weighted by Crippen LogP contribution is 2.29. The molecule has 0 unspecified atom stereocenters. The molecule has 0 bridgehead atoms. The van der Waals surface area contributed by atoms with Crippen LogP contribution in [0.25, 0.3) is 0 Å². The zero-order valence-electron chi connectivity index (χ0n) is 14.7. The summed E-state index contributed by atoms with van der Waals surface area (Å²) < 4.78 is 43.6. The maximum atomic E-state index is 12.7. The zero-order valence-corrected chi connectivity index (χ0v) is 14.7. The van der Waals surface area contributed by atoms with E-state index in [0.29, 0.717) is 23.4 Å². The van der Waals surface area contributed by atoms with E-state index in [-0.39, 0.29) is 6.61 Å². The van der Waals surface area contributed by atoms with Crippen molar-refractivity contribution in [1.29, 1.82) is 0 Å². The SMILES string of the molecule is C[C@](N)(CO)C(=O)Nc1ccc(OCCc2cccc(C(F)(F)F)c2)cc1. The van der Waals surface area contributed by atoms with E-state index in [1.165, 1.54) is 13.0 Å². The highest BCUT2D eigenvalue weighted by Gasteiger charge is 2.30. The van der Waals surface area contributed by atoms with Crippen LogP contribution in [0.1, 0.15) is 18.1 Å². The van der Waals surface area contributed by atoms with E-state index in [0.717, 1.165) is 12.1 Å². The molecule has 0 aliphatic heterocycles. The molecule has 8 heteroatoms. The van der Waals surface area contributed by atoms with Crippen LogP contribution in [0, 0.1) is 0 Å². The lowest BCUT2D eigenvalue weighted by molar-refractivity contribution is -0.137. The summed E-state index contributed by atoms with van der Waals surface area (Å²) in [5.74, 6) is -0.0131. The van der Waals surface area contributed by atoms with Gasteiger partial charge in [0.05, 0.1) is 18.8 Å². The highest BCUT2D eigenvalue weighted by molar-refractivity contribution is 5.97. The smallest absolute Gasteiger partial charge is 0.416 e. The Bertz CT molecular complexity index is 775. The Morgan fingerprint density at radius 1 is 1.19 bits per heavy atom. The second kappa shape index (κ2) is 8.41. The predicted octanol–water partition coefficient (Wildman–Crippen LogP) is 2.98. The molecule has 1 atom stereocenters. The molecule has 0 spiro atoms. The van der Waals surface area contributed by atoms with Gasteiger partial charge in [0.1, 0.15) is 11.3 Å². The fourth-order valence-corrected chi connectivity index (χ4v) is 2.17. The standard InChI is InChI=1S/C19H21F3N2O3/c1-18(23,12-25)17(26)24-15-5-7-16(8-6-15)27-10-9-13-3-2-4-14(11-13)19(20,21)22/h2-8,11,25H,9-10,12,23H2,1H3,(H,24,26)/t18-/m0/s1. The number of anilines is 1. The van der Waals surface area contributed by atoms with Gasteiger partial charge >= 0.3 is 6.18 Å². The first-order valence-electron chi connectivity index (χ1n) is 8.22. The van der Waals surface area contributed by atoms with Crippen LogP contribution in [-0.2, 0) is 17.4 Å². The molecular formula is C19H21F3N2O3. The Labute approximate surface area is 154 Å². The molecule has 0 aliphatic carbocycles. The molecule has 2 aromatic carbocycles. The van der Waals surface area contributed by atoms with E-state index in [1.54, 1.807) is 30.3 Å². The van der Waals surface area contributed by atoms with Crippen molar-refractivity contribution in [3.05, 3.63) is 59.7 Å². The monoisotopic (exact) mass is 382 g/mol. The summed E-state index contributed by atoms with van der Waals surface area (Å²) >= 11 is 0. The summed E-state index contributed by atoms with van der Waals surface area (Å²) in [6.07, 6.45) is -4.04. The number of carbonyl (C=O) groups is 1. The van der Waals surface area contributed by atoms with E-state index < -0.39 is 29.8 Å². The molecule has 4 N–H and O–H groups in total. The third kappa shape index (κ3) is 5.97. The Morgan fingerprint density at radius 3 is 2.44 bits per heavy atom. The highest BCUT2D eigenvalue weighted by atomic mass is 19.4. The largest absolute Gasteiger partial charge is 0.493 e. The Hall–Kier alpha value is -2.58. The van der Waals surface area contributed by atoms with E-state index >= 15 is 0 Å². The van der Waals surface area contributed by atoms with Crippen molar-refractivity contribution in [1.82, 2.24) is 0 Å². The topological polar surface area (TPSA) is 84.6 Å². The third-order valence-corrected chi connectivity index (χ3v) is 3.87. The lowest BCUT2D eigenvalue weighted by Gasteiger charge is -2.20. The maximum Gasteiger partial charge on any atom is 0.416 e. The van der Waals surface area contributed by atoms with Crippen molar-refractivity contribution in [3.63, 3.8) is 0 Å². The molecule has 2 aromatic rings. The summed E-state index contributed by atoms with van der Waals surface area (Å²) in [6.45, 7) is 1.13. The summed E-state index contributed by atoms with van der Waals surface area (Å²) in [4.78, 5) is 11.9. The van der Waals surface area contributed by atoms with Crippen molar-refractivity contribution in [3.8, 4) is 5.75 Å². The van der Waals surface area contributed by atoms with Gasteiger partial charge in [0.25, 0.3) is 0 Å². The van der Waals surface area contributed by atoms with Crippen LogP contribution < -0.4 is 15.8 Å². The second-order valence-corrected chi connectivity index (χ2v) is 6.35. The molecule has 0 saturated heterocycles. The van der Waals surface area contributed by atoms with Gasteiger partial charge in [-0.25, -0.2) is 0 Å². The number of ether oxygens (including phenoxy) is 1. The quantitative estimate of drug-likeness (QED) is 0.687. The van der Waals surface area contributed by atoms with Gasteiger partial charge in [-0.1, -0.05) is 18.2 Å². The lowest BCUT2D eigenvalue weighted by atomic mass is 10.0. The number of carbonyl (C=O) groups excluding carboxylic acids is 1. The number of alkyl halides is 3. The molecular weight excluding hydrogens is 361 g/mol. The number of hydrogen-bond donors (Lipinski definition) is 3. The molecule has 0 saturated carbocycles. The number of benzene rings is 2. The third-order valence-electron chi connectivity index (χ3n) is 3.87. The molecule has 5 nitrogen and oxygen atoms in total. The van der Waals surface area contributed by atoms with Crippen molar-refractivity contribution >= 4 is 11.6 Å². The van der Waals surface area contributed by atoms with E-state index in [4.69, 9.17) is 15.6 Å². The Morgan fingerprint density at radius 2 is 1.85 bits per heavy atom. The summed E-state index contributed by atoms with van der Waals surface area (Å²) in [5, 5.41) is 11.6. The molecule has 0 aliphatic rings. The number of nitrogens with two attached hydrogens (primary N) is 1. The lowest BCUT2D eigenvalue weighted by Crippen LogP contribution is -2.51. The second-order valence-electron chi connectivity index (χ2n) is 6.35. The van der Waals surface area contributed by atoms with Gasteiger partial charge in [0.15, 0.2) is 0 Å². The Balaban J connectivity index is 1.88. The van der Waals surface area contributed by atoms with Crippen LogP contribution in [0.2, 0.25) is 0 Å². The minimum absolute atomic E-state index is 0.207. The first-order chi connectivity index (χ1) is 12.6. The van der Waals surface area contributed by atoms with Gasteiger partial charge in [0.2, 0.25) is 5.91 Å².